The predicted octanol–water partition coefficient (Wildman–Crippen LogP) is 4.07. The maximum Gasteiger partial charge on any atom is 0.238 e. The van der Waals surface area contributed by atoms with Gasteiger partial charge in [0, 0.05) is 24.2 Å². The number of halogens is 1. The Morgan fingerprint density at radius 1 is 0.968 bits per heavy atom. The summed E-state index contributed by atoms with van der Waals surface area (Å²) in [4.78, 5) is 27.6. The second-order valence-corrected chi connectivity index (χ2v) is 7.44. The lowest BCUT2D eigenvalue weighted by Gasteiger charge is -2.32. The predicted molar refractivity (Wildman–Crippen MR) is 116 cm³/mol. The van der Waals surface area contributed by atoms with Crippen LogP contribution in [0.25, 0.3) is 0 Å². The molecule has 1 unspecified atom stereocenters. The van der Waals surface area contributed by atoms with Crippen LogP contribution in [0.4, 0.5) is 10.1 Å². The Morgan fingerprint density at radius 2 is 1.68 bits per heavy atom. The maximum atomic E-state index is 13.2. The highest BCUT2D eigenvalue weighted by Gasteiger charge is 2.24. The third kappa shape index (κ3) is 5.23. The highest BCUT2D eigenvalue weighted by atomic mass is 19.1. The van der Waals surface area contributed by atoms with Crippen molar-refractivity contribution >= 4 is 17.4 Å². The minimum atomic E-state index is -0.292. The minimum absolute atomic E-state index is 0.140. The van der Waals surface area contributed by atoms with Gasteiger partial charge in [0.05, 0.1) is 24.9 Å². The molecule has 1 fully saturated rings. The normalized spacial score (nSPS) is 16.6. The number of nitrogens with zero attached hydrogens (tertiary/aromatic N) is 1. The summed E-state index contributed by atoms with van der Waals surface area (Å²) in [5.74, 6) is -0.633. The lowest BCUT2D eigenvalue weighted by molar-refractivity contribution is -0.119. The summed E-state index contributed by atoms with van der Waals surface area (Å²) in [6, 6.07) is 22.2. The van der Waals surface area contributed by atoms with E-state index in [2.05, 4.69) is 5.32 Å². The van der Waals surface area contributed by atoms with Crippen LogP contribution in [0.2, 0.25) is 0 Å². The van der Waals surface area contributed by atoms with Gasteiger partial charge < -0.3 is 10.1 Å². The van der Waals surface area contributed by atoms with E-state index in [9.17, 15) is 14.0 Å². The molecule has 6 heteroatoms. The van der Waals surface area contributed by atoms with Crippen molar-refractivity contribution in [2.45, 2.75) is 6.10 Å². The largest absolute Gasteiger partial charge is 0.371 e. The Balaban J connectivity index is 1.41. The molecule has 158 valence electrons. The molecular weight excluding hydrogens is 395 g/mol. The van der Waals surface area contributed by atoms with Crippen molar-refractivity contribution in [2.75, 3.05) is 31.6 Å². The molecule has 1 atom stereocenters. The summed E-state index contributed by atoms with van der Waals surface area (Å²) < 4.78 is 19.0. The zero-order valence-corrected chi connectivity index (χ0v) is 17.0. The molecule has 0 spiro atoms. The van der Waals surface area contributed by atoms with E-state index >= 15 is 0 Å². The van der Waals surface area contributed by atoms with Gasteiger partial charge in [-0.1, -0.05) is 54.6 Å². The van der Waals surface area contributed by atoms with Gasteiger partial charge >= 0.3 is 0 Å². The Bertz CT molecular complexity index is 1050. The smallest absolute Gasteiger partial charge is 0.238 e. The zero-order valence-electron chi connectivity index (χ0n) is 17.0. The number of carbonyl (C=O) groups is 2. The SMILES string of the molecule is O=C(CN1CCOC(c2ccc(F)cc2)C1)Nc1ccccc1C(=O)c1ccccc1. The van der Waals surface area contributed by atoms with Crippen molar-refractivity contribution in [2.24, 2.45) is 0 Å². The first-order valence-electron chi connectivity index (χ1n) is 10.2. The second-order valence-electron chi connectivity index (χ2n) is 7.44. The Hall–Kier alpha value is -3.35. The zero-order chi connectivity index (χ0) is 21.6. The summed E-state index contributed by atoms with van der Waals surface area (Å²) in [5, 5.41) is 2.88. The Kier molecular flexibility index (Phi) is 6.50. The van der Waals surface area contributed by atoms with E-state index in [0.29, 0.717) is 36.5 Å². The maximum absolute atomic E-state index is 13.2. The first kappa shape index (κ1) is 20.9. The van der Waals surface area contributed by atoms with Crippen molar-refractivity contribution in [3.05, 3.63) is 101 Å². The number of nitrogens with one attached hydrogen (secondary N) is 1. The number of ether oxygens (including phenoxy) is 1. The quantitative estimate of drug-likeness (QED) is 0.613. The summed E-state index contributed by atoms with van der Waals surface area (Å²) in [6.07, 6.45) is -0.214. The molecule has 1 amide bonds. The topological polar surface area (TPSA) is 58.6 Å². The van der Waals surface area contributed by atoms with Gasteiger partial charge in [-0.15, -0.1) is 0 Å². The summed E-state index contributed by atoms with van der Waals surface area (Å²) in [5.41, 5.74) is 2.39. The van der Waals surface area contributed by atoms with Gasteiger partial charge in [-0.2, -0.15) is 0 Å². The molecule has 0 bridgehead atoms. The third-order valence-corrected chi connectivity index (χ3v) is 5.24. The number of para-hydroxylation sites is 1. The van der Waals surface area contributed by atoms with Crippen LogP contribution < -0.4 is 5.32 Å². The lowest BCUT2D eigenvalue weighted by atomic mass is 10.0. The number of rotatable bonds is 6. The monoisotopic (exact) mass is 418 g/mol. The number of amides is 1. The van der Waals surface area contributed by atoms with Gasteiger partial charge in [-0.05, 0) is 29.8 Å². The number of benzene rings is 3. The van der Waals surface area contributed by atoms with Gasteiger partial charge in [-0.3, -0.25) is 14.5 Å². The molecule has 1 aliphatic rings. The first-order chi connectivity index (χ1) is 15.1. The van der Waals surface area contributed by atoms with Crippen LogP contribution in [-0.2, 0) is 9.53 Å². The fourth-order valence-corrected chi connectivity index (χ4v) is 3.65. The third-order valence-electron chi connectivity index (χ3n) is 5.24. The lowest BCUT2D eigenvalue weighted by Crippen LogP contribution is -2.42. The number of morpholine rings is 1. The molecule has 0 aliphatic carbocycles. The molecule has 3 aromatic rings. The molecule has 31 heavy (non-hydrogen) atoms. The molecule has 0 aromatic heterocycles. The fraction of sp³-hybridized carbons (Fsp3) is 0.200. The Labute approximate surface area is 180 Å². The van der Waals surface area contributed by atoms with E-state index in [0.717, 1.165) is 5.56 Å². The van der Waals surface area contributed by atoms with Crippen LogP contribution in [-0.4, -0.2) is 42.8 Å². The average molecular weight is 418 g/mol. The van der Waals surface area contributed by atoms with Crippen LogP contribution in [0.3, 0.4) is 0 Å². The summed E-state index contributed by atoms with van der Waals surface area (Å²) >= 11 is 0. The van der Waals surface area contributed by atoms with Gasteiger partial charge in [0.25, 0.3) is 0 Å². The van der Waals surface area contributed by atoms with E-state index in [1.54, 1.807) is 48.5 Å². The molecule has 4 rings (SSSR count). The molecule has 1 heterocycles. The van der Waals surface area contributed by atoms with Crippen molar-refractivity contribution in [3.8, 4) is 0 Å². The van der Waals surface area contributed by atoms with Crippen LogP contribution in [0, 0.1) is 5.82 Å². The molecule has 0 radical (unpaired) electrons. The van der Waals surface area contributed by atoms with Crippen molar-refractivity contribution in [3.63, 3.8) is 0 Å². The highest BCUT2D eigenvalue weighted by molar-refractivity contribution is 6.13. The number of anilines is 1. The number of ketones is 1. The van der Waals surface area contributed by atoms with Gasteiger partial charge in [0.15, 0.2) is 5.78 Å². The Morgan fingerprint density at radius 3 is 2.45 bits per heavy atom. The van der Waals surface area contributed by atoms with Gasteiger partial charge in [0.1, 0.15) is 5.82 Å². The molecule has 3 aromatic carbocycles. The molecule has 5 nitrogen and oxygen atoms in total. The van der Waals surface area contributed by atoms with Crippen LogP contribution in [0.5, 0.6) is 0 Å². The molecule has 1 N–H and O–H groups in total. The molecule has 1 saturated heterocycles. The minimum Gasteiger partial charge on any atom is -0.371 e. The molecule has 1 aliphatic heterocycles. The van der Waals surface area contributed by atoms with Crippen LogP contribution in [0.1, 0.15) is 27.6 Å². The number of hydrogen-bond donors (Lipinski definition) is 1. The van der Waals surface area contributed by atoms with E-state index in [1.807, 2.05) is 23.1 Å². The summed E-state index contributed by atoms with van der Waals surface area (Å²) in [7, 11) is 0. The second kappa shape index (κ2) is 9.64. The molecular formula is C25H23FN2O3. The van der Waals surface area contributed by atoms with Gasteiger partial charge in [0.2, 0.25) is 5.91 Å². The van der Waals surface area contributed by atoms with E-state index in [1.165, 1.54) is 12.1 Å². The van der Waals surface area contributed by atoms with Crippen LogP contribution in [0.15, 0.2) is 78.9 Å². The standard InChI is InChI=1S/C25H23FN2O3/c26-20-12-10-18(11-13-20)23-16-28(14-15-31-23)17-24(29)27-22-9-5-4-8-21(22)25(30)19-6-2-1-3-7-19/h1-13,23H,14-17H2,(H,27,29). The van der Waals surface area contributed by atoms with E-state index in [-0.39, 0.29) is 30.2 Å². The van der Waals surface area contributed by atoms with Gasteiger partial charge in [-0.25, -0.2) is 4.39 Å². The fourth-order valence-electron chi connectivity index (χ4n) is 3.65. The van der Waals surface area contributed by atoms with Crippen molar-refractivity contribution in [1.29, 1.82) is 0 Å². The summed E-state index contributed by atoms with van der Waals surface area (Å²) in [6.45, 7) is 1.81. The average Bonchev–Trinajstić information content (AvgIpc) is 2.80. The highest BCUT2D eigenvalue weighted by Crippen LogP contribution is 2.23. The van der Waals surface area contributed by atoms with Crippen molar-refractivity contribution in [1.82, 2.24) is 4.90 Å². The van der Waals surface area contributed by atoms with E-state index < -0.39 is 0 Å². The van der Waals surface area contributed by atoms with Crippen molar-refractivity contribution < 1.29 is 18.7 Å². The van der Waals surface area contributed by atoms with E-state index in [4.69, 9.17) is 4.74 Å². The number of hydrogen-bond acceptors (Lipinski definition) is 4. The van der Waals surface area contributed by atoms with Crippen LogP contribution >= 0.6 is 0 Å². The first-order valence-corrected chi connectivity index (χ1v) is 10.2. The molecule has 0 saturated carbocycles. The number of carbonyl (C=O) groups excluding carboxylic acids is 2.